The van der Waals surface area contributed by atoms with Crippen molar-refractivity contribution in [2.24, 2.45) is 5.92 Å². The Morgan fingerprint density at radius 2 is 1.94 bits per heavy atom. The lowest BCUT2D eigenvalue weighted by molar-refractivity contribution is -0.125. The molecule has 1 aliphatic heterocycles. The van der Waals surface area contributed by atoms with Gasteiger partial charge in [-0.3, -0.25) is 4.79 Å². The molecule has 1 fully saturated rings. The number of nitrogens with one attached hydrogen (secondary N) is 1. The molecule has 0 bridgehead atoms. The Labute approximate surface area is 183 Å². The van der Waals surface area contributed by atoms with Gasteiger partial charge in [-0.15, -0.1) is 15.3 Å². The molecule has 1 aromatic carbocycles. The van der Waals surface area contributed by atoms with Gasteiger partial charge in [-0.05, 0) is 49.2 Å². The van der Waals surface area contributed by atoms with E-state index in [-0.39, 0.29) is 11.8 Å². The van der Waals surface area contributed by atoms with E-state index in [4.69, 9.17) is 21.1 Å². The zero-order chi connectivity index (χ0) is 21.2. The second kappa shape index (κ2) is 8.39. The Bertz CT molecular complexity index is 1200. The number of anilines is 1. The number of fused-ring (bicyclic) bond motifs is 1. The molecule has 158 valence electrons. The van der Waals surface area contributed by atoms with Crippen LogP contribution < -0.4 is 10.2 Å². The largest absolute Gasteiger partial charge is 0.467 e. The molecule has 5 rings (SSSR count). The number of carbonyl (C=O) groups is 1. The minimum Gasteiger partial charge on any atom is -0.467 e. The fourth-order valence-corrected chi connectivity index (χ4v) is 4.08. The van der Waals surface area contributed by atoms with Crippen LogP contribution in [0.4, 0.5) is 5.82 Å². The summed E-state index contributed by atoms with van der Waals surface area (Å²) in [5.41, 5.74) is 1.44. The van der Waals surface area contributed by atoms with Crippen molar-refractivity contribution < 1.29 is 9.21 Å². The monoisotopic (exact) mass is 436 g/mol. The molecule has 0 saturated carbocycles. The highest BCUT2D eigenvalue weighted by atomic mass is 35.5. The number of hydrogen-bond donors (Lipinski definition) is 1. The van der Waals surface area contributed by atoms with E-state index in [1.54, 1.807) is 10.8 Å². The number of furan rings is 1. The topological polar surface area (TPSA) is 88.6 Å². The van der Waals surface area contributed by atoms with Crippen LogP contribution in [-0.2, 0) is 11.3 Å². The van der Waals surface area contributed by atoms with E-state index < -0.39 is 0 Å². The number of hydrogen-bond acceptors (Lipinski definition) is 6. The van der Waals surface area contributed by atoms with Crippen molar-refractivity contribution in [2.45, 2.75) is 19.4 Å². The summed E-state index contributed by atoms with van der Waals surface area (Å²) in [6, 6.07) is 15.0. The lowest BCUT2D eigenvalue weighted by Crippen LogP contribution is -2.40. The van der Waals surface area contributed by atoms with Crippen molar-refractivity contribution in [1.82, 2.24) is 25.1 Å². The fraction of sp³-hybridized carbons (Fsp3) is 0.273. The Morgan fingerprint density at radius 1 is 1.10 bits per heavy atom. The first kappa shape index (κ1) is 19.6. The smallest absolute Gasteiger partial charge is 0.223 e. The molecule has 9 heteroatoms. The van der Waals surface area contributed by atoms with E-state index in [1.807, 2.05) is 48.5 Å². The lowest BCUT2D eigenvalue weighted by Gasteiger charge is -2.32. The average molecular weight is 437 g/mol. The first-order chi connectivity index (χ1) is 15.2. The van der Waals surface area contributed by atoms with Crippen molar-refractivity contribution in [3.8, 4) is 11.4 Å². The second-order valence-corrected chi connectivity index (χ2v) is 7.93. The van der Waals surface area contributed by atoms with Crippen molar-refractivity contribution in [2.75, 3.05) is 18.0 Å². The van der Waals surface area contributed by atoms with Crippen LogP contribution in [0.2, 0.25) is 5.02 Å². The summed E-state index contributed by atoms with van der Waals surface area (Å²) in [6.07, 6.45) is 3.14. The van der Waals surface area contributed by atoms with Gasteiger partial charge in [0.1, 0.15) is 11.6 Å². The summed E-state index contributed by atoms with van der Waals surface area (Å²) in [5.74, 6) is 2.25. The molecule has 0 unspecified atom stereocenters. The number of halogens is 1. The highest BCUT2D eigenvalue weighted by Gasteiger charge is 2.26. The summed E-state index contributed by atoms with van der Waals surface area (Å²) < 4.78 is 6.99. The van der Waals surface area contributed by atoms with Crippen LogP contribution in [-0.4, -0.2) is 38.8 Å². The van der Waals surface area contributed by atoms with Gasteiger partial charge in [-0.25, -0.2) is 0 Å². The van der Waals surface area contributed by atoms with Crippen molar-refractivity contribution in [1.29, 1.82) is 0 Å². The van der Waals surface area contributed by atoms with Crippen LogP contribution in [0.25, 0.3) is 17.0 Å². The van der Waals surface area contributed by atoms with E-state index in [2.05, 4.69) is 20.4 Å². The number of aromatic nitrogens is 4. The maximum atomic E-state index is 12.5. The summed E-state index contributed by atoms with van der Waals surface area (Å²) in [6.45, 7) is 1.92. The predicted octanol–water partition coefficient (Wildman–Crippen LogP) is 3.57. The van der Waals surface area contributed by atoms with E-state index in [9.17, 15) is 4.79 Å². The molecule has 0 spiro atoms. The third-order valence-electron chi connectivity index (χ3n) is 5.57. The van der Waals surface area contributed by atoms with Crippen molar-refractivity contribution in [3.63, 3.8) is 0 Å². The quantitative estimate of drug-likeness (QED) is 0.514. The van der Waals surface area contributed by atoms with Gasteiger partial charge in [0.05, 0.1) is 17.8 Å². The molecule has 1 amide bonds. The highest BCUT2D eigenvalue weighted by molar-refractivity contribution is 6.33. The first-order valence-corrected chi connectivity index (χ1v) is 10.6. The van der Waals surface area contributed by atoms with Crippen molar-refractivity contribution >= 4 is 29.0 Å². The van der Waals surface area contributed by atoms with Gasteiger partial charge in [0.2, 0.25) is 5.91 Å². The van der Waals surface area contributed by atoms with Gasteiger partial charge in [-0.1, -0.05) is 23.7 Å². The predicted molar refractivity (Wildman–Crippen MR) is 117 cm³/mol. The van der Waals surface area contributed by atoms with Crippen LogP contribution in [0.1, 0.15) is 18.6 Å². The normalized spacial score (nSPS) is 14.8. The lowest BCUT2D eigenvalue weighted by atomic mass is 9.96. The standard InChI is InChI=1S/C22H21ClN6O2/c23-18-6-2-1-5-17(18)21-26-25-19-7-8-20(27-29(19)21)28-11-9-15(10-12-28)22(30)24-14-16-4-3-13-31-16/h1-8,13,15H,9-12,14H2,(H,24,30). The number of piperidine rings is 1. The van der Waals surface area contributed by atoms with Gasteiger partial charge < -0.3 is 14.6 Å². The zero-order valence-corrected chi connectivity index (χ0v) is 17.5. The maximum absolute atomic E-state index is 12.5. The number of carbonyl (C=O) groups excluding carboxylic acids is 1. The third kappa shape index (κ3) is 3.98. The minimum atomic E-state index is -0.0106. The Morgan fingerprint density at radius 3 is 2.71 bits per heavy atom. The van der Waals surface area contributed by atoms with Crippen LogP contribution in [0, 0.1) is 5.92 Å². The molecule has 4 aromatic rings. The molecule has 1 N–H and O–H groups in total. The average Bonchev–Trinajstić information content (AvgIpc) is 3.47. The van der Waals surface area contributed by atoms with Gasteiger partial charge >= 0.3 is 0 Å². The van der Waals surface area contributed by atoms with E-state index in [1.165, 1.54) is 0 Å². The molecular weight excluding hydrogens is 416 g/mol. The number of rotatable bonds is 5. The fourth-order valence-electron chi connectivity index (χ4n) is 3.86. The molecule has 0 atom stereocenters. The van der Waals surface area contributed by atoms with Gasteiger partial charge in [0.15, 0.2) is 11.5 Å². The summed E-state index contributed by atoms with van der Waals surface area (Å²) >= 11 is 6.35. The first-order valence-electron chi connectivity index (χ1n) is 10.2. The van der Waals surface area contributed by atoms with E-state index in [0.717, 1.165) is 43.1 Å². The highest BCUT2D eigenvalue weighted by Crippen LogP contribution is 2.27. The van der Waals surface area contributed by atoms with Gasteiger partial charge in [-0.2, -0.15) is 4.52 Å². The molecule has 4 heterocycles. The van der Waals surface area contributed by atoms with Gasteiger partial charge in [0.25, 0.3) is 0 Å². The SMILES string of the molecule is O=C(NCc1ccco1)C1CCN(c2ccc3nnc(-c4ccccc4Cl)n3n2)CC1. The van der Waals surface area contributed by atoms with Gasteiger partial charge in [0, 0.05) is 24.6 Å². The minimum absolute atomic E-state index is 0.0106. The molecule has 1 saturated heterocycles. The Hall–Kier alpha value is -3.39. The van der Waals surface area contributed by atoms with Crippen LogP contribution in [0.15, 0.2) is 59.2 Å². The molecular formula is C22H21ClN6O2. The molecule has 31 heavy (non-hydrogen) atoms. The summed E-state index contributed by atoms with van der Waals surface area (Å²) in [4.78, 5) is 14.7. The summed E-state index contributed by atoms with van der Waals surface area (Å²) in [7, 11) is 0. The maximum Gasteiger partial charge on any atom is 0.223 e. The van der Waals surface area contributed by atoms with Crippen LogP contribution in [0.3, 0.4) is 0 Å². The Balaban J connectivity index is 1.28. The third-order valence-corrected chi connectivity index (χ3v) is 5.90. The second-order valence-electron chi connectivity index (χ2n) is 7.52. The number of nitrogens with zero attached hydrogens (tertiary/aromatic N) is 5. The Kier molecular flexibility index (Phi) is 5.30. The van der Waals surface area contributed by atoms with Crippen LogP contribution in [0.5, 0.6) is 0 Å². The van der Waals surface area contributed by atoms with E-state index >= 15 is 0 Å². The molecule has 3 aromatic heterocycles. The van der Waals surface area contributed by atoms with Crippen molar-refractivity contribution in [3.05, 3.63) is 65.6 Å². The molecule has 8 nitrogen and oxygen atoms in total. The number of benzene rings is 1. The van der Waals surface area contributed by atoms with Crippen LogP contribution >= 0.6 is 11.6 Å². The molecule has 1 aliphatic rings. The zero-order valence-electron chi connectivity index (χ0n) is 16.7. The number of amides is 1. The van der Waals surface area contributed by atoms with E-state index in [0.29, 0.717) is 23.0 Å². The molecule has 0 aliphatic carbocycles. The summed E-state index contributed by atoms with van der Waals surface area (Å²) in [5, 5.41) is 16.8. The molecule has 0 radical (unpaired) electrons.